The molecule has 14 heavy (non-hydrogen) atoms. The monoisotopic (exact) mass is 189 g/mol. The van der Waals surface area contributed by atoms with Crippen LogP contribution in [-0.4, -0.2) is 6.54 Å². The molecule has 2 rings (SSSR count). The number of nitrogens with one attached hydrogen (secondary N) is 1. The van der Waals surface area contributed by atoms with E-state index in [0.717, 1.165) is 6.54 Å². The largest absolute Gasteiger partial charge is 0.385 e. The first-order chi connectivity index (χ1) is 6.59. The number of hydrogen-bond acceptors (Lipinski definition) is 1. The third kappa shape index (κ3) is 1.63. The van der Waals surface area contributed by atoms with Crippen molar-refractivity contribution in [1.29, 1.82) is 0 Å². The average Bonchev–Trinajstić information content (AvgIpc) is 2.25. The van der Waals surface area contributed by atoms with E-state index in [4.69, 9.17) is 0 Å². The smallest absolute Gasteiger partial charge is 0.0380 e. The average molecular weight is 189 g/mol. The van der Waals surface area contributed by atoms with Crippen LogP contribution in [0.2, 0.25) is 0 Å². The number of aryl methyl sites for hydroxylation is 1. The number of rotatable bonds is 0. The summed E-state index contributed by atoms with van der Waals surface area (Å²) in [6.07, 6.45) is 2.54. The van der Waals surface area contributed by atoms with Gasteiger partial charge in [-0.25, -0.2) is 0 Å². The molecule has 0 spiro atoms. The molecule has 1 heterocycles. The topological polar surface area (TPSA) is 12.0 Å². The second-order valence-electron chi connectivity index (χ2n) is 4.96. The van der Waals surface area contributed by atoms with Crippen LogP contribution in [0.4, 0.5) is 5.69 Å². The van der Waals surface area contributed by atoms with Crippen LogP contribution in [0.15, 0.2) is 18.2 Å². The van der Waals surface area contributed by atoms with Gasteiger partial charge in [0.1, 0.15) is 0 Å². The van der Waals surface area contributed by atoms with Gasteiger partial charge in [-0.3, -0.25) is 0 Å². The minimum Gasteiger partial charge on any atom is -0.385 e. The highest BCUT2D eigenvalue weighted by Crippen LogP contribution is 2.36. The van der Waals surface area contributed by atoms with Crippen molar-refractivity contribution in [2.45, 2.75) is 39.0 Å². The fraction of sp³-hybridized carbons (Fsp3) is 0.538. The standard InChI is InChI=1S/C13H19N/c1-10-5-6-11-12(9-10)14-8-4-7-13(11,2)3/h5-6,9,14H,4,7-8H2,1-3H3. The van der Waals surface area contributed by atoms with E-state index in [1.807, 2.05) is 0 Å². The van der Waals surface area contributed by atoms with Crippen LogP contribution in [0, 0.1) is 6.92 Å². The molecule has 0 fully saturated rings. The fourth-order valence-corrected chi connectivity index (χ4v) is 2.28. The molecule has 0 amide bonds. The number of anilines is 1. The predicted molar refractivity (Wildman–Crippen MR) is 61.9 cm³/mol. The minimum absolute atomic E-state index is 0.326. The summed E-state index contributed by atoms with van der Waals surface area (Å²) < 4.78 is 0. The Morgan fingerprint density at radius 1 is 1.29 bits per heavy atom. The molecule has 1 aromatic rings. The zero-order chi connectivity index (χ0) is 10.2. The van der Waals surface area contributed by atoms with Gasteiger partial charge in [-0.1, -0.05) is 26.0 Å². The predicted octanol–water partition coefficient (Wildman–Crippen LogP) is 3.48. The Labute approximate surface area is 86.5 Å². The Hall–Kier alpha value is -0.980. The third-order valence-corrected chi connectivity index (χ3v) is 3.20. The van der Waals surface area contributed by atoms with E-state index in [9.17, 15) is 0 Å². The lowest BCUT2D eigenvalue weighted by Crippen LogP contribution is -2.16. The second-order valence-corrected chi connectivity index (χ2v) is 4.96. The van der Waals surface area contributed by atoms with E-state index in [-0.39, 0.29) is 0 Å². The summed E-state index contributed by atoms with van der Waals surface area (Å²) in [5, 5.41) is 3.52. The van der Waals surface area contributed by atoms with Gasteiger partial charge in [0.15, 0.2) is 0 Å². The van der Waals surface area contributed by atoms with Crippen molar-refractivity contribution in [3.63, 3.8) is 0 Å². The molecule has 0 saturated carbocycles. The Balaban J connectivity index is 2.50. The van der Waals surface area contributed by atoms with Crippen LogP contribution in [0.25, 0.3) is 0 Å². The lowest BCUT2D eigenvalue weighted by molar-refractivity contribution is 0.478. The molecule has 0 unspecified atom stereocenters. The first-order valence-electron chi connectivity index (χ1n) is 5.45. The van der Waals surface area contributed by atoms with Gasteiger partial charge in [0.25, 0.3) is 0 Å². The maximum Gasteiger partial charge on any atom is 0.0380 e. The molecule has 1 aliphatic heterocycles. The number of benzene rings is 1. The summed E-state index contributed by atoms with van der Waals surface area (Å²) in [5.74, 6) is 0. The number of fused-ring (bicyclic) bond motifs is 1. The van der Waals surface area contributed by atoms with Gasteiger partial charge in [0.2, 0.25) is 0 Å². The first kappa shape index (κ1) is 9.57. The van der Waals surface area contributed by atoms with Crippen molar-refractivity contribution in [1.82, 2.24) is 0 Å². The molecule has 0 aliphatic carbocycles. The Morgan fingerprint density at radius 2 is 2.07 bits per heavy atom. The molecule has 0 atom stereocenters. The summed E-state index contributed by atoms with van der Waals surface area (Å²) in [6, 6.07) is 6.76. The first-order valence-corrected chi connectivity index (χ1v) is 5.45. The summed E-state index contributed by atoms with van der Waals surface area (Å²) in [4.78, 5) is 0. The Morgan fingerprint density at radius 3 is 2.86 bits per heavy atom. The Kier molecular flexibility index (Phi) is 2.26. The SMILES string of the molecule is Cc1ccc2c(c1)NCCCC2(C)C. The summed E-state index contributed by atoms with van der Waals surface area (Å²) in [7, 11) is 0. The van der Waals surface area contributed by atoms with Crippen molar-refractivity contribution in [2.75, 3.05) is 11.9 Å². The minimum atomic E-state index is 0.326. The highest BCUT2D eigenvalue weighted by atomic mass is 14.9. The van der Waals surface area contributed by atoms with Crippen LogP contribution < -0.4 is 5.32 Å². The molecule has 1 aromatic carbocycles. The zero-order valence-electron chi connectivity index (χ0n) is 9.35. The molecule has 0 radical (unpaired) electrons. The molecule has 0 saturated heterocycles. The van der Waals surface area contributed by atoms with Crippen molar-refractivity contribution in [3.05, 3.63) is 29.3 Å². The quantitative estimate of drug-likeness (QED) is 0.659. The maximum atomic E-state index is 3.52. The van der Waals surface area contributed by atoms with Crippen molar-refractivity contribution < 1.29 is 0 Å². The van der Waals surface area contributed by atoms with Gasteiger partial charge >= 0.3 is 0 Å². The van der Waals surface area contributed by atoms with Crippen LogP contribution in [0.3, 0.4) is 0 Å². The highest BCUT2D eigenvalue weighted by Gasteiger charge is 2.25. The van der Waals surface area contributed by atoms with E-state index in [2.05, 4.69) is 44.3 Å². The van der Waals surface area contributed by atoms with Gasteiger partial charge in [-0.2, -0.15) is 0 Å². The summed E-state index contributed by atoms with van der Waals surface area (Å²) in [5.41, 5.74) is 4.48. The van der Waals surface area contributed by atoms with E-state index < -0.39 is 0 Å². The normalized spacial score (nSPS) is 19.4. The van der Waals surface area contributed by atoms with Gasteiger partial charge in [0, 0.05) is 12.2 Å². The van der Waals surface area contributed by atoms with Gasteiger partial charge in [0.05, 0.1) is 0 Å². The molecular weight excluding hydrogens is 170 g/mol. The lowest BCUT2D eigenvalue weighted by Gasteiger charge is -2.25. The van der Waals surface area contributed by atoms with Crippen molar-refractivity contribution >= 4 is 5.69 Å². The summed E-state index contributed by atoms with van der Waals surface area (Å²) >= 11 is 0. The van der Waals surface area contributed by atoms with E-state index >= 15 is 0 Å². The van der Waals surface area contributed by atoms with Gasteiger partial charge in [-0.05, 0) is 42.4 Å². The van der Waals surface area contributed by atoms with E-state index in [1.54, 1.807) is 0 Å². The second kappa shape index (κ2) is 3.30. The molecule has 0 aromatic heterocycles. The Bertz CT molecular complexity index is 339. The lowest BCUT2D eigenvalue weighted by atomic mass is 9.80. The van der Waals surface area contributed by atoms with Crippen molar-refractivity contribution in [3.8, 4) is 0 Å². The van der Waals surface area contributed by atoms with Crippen LogP contribution in [0.5, 0.6) is 0 Å². The summed E-state index contributed by atoms with van der Waals surface area (Å²) in [6.45, 7) is 7.95. The van der Waals surface area contributed by atoms with Crippen molar-refractivity contribution in [2.24, 2.45) is 0 Å². The van der Waals surface area contributed by atoms with Gasteiger partial charge in [-0.15, -0.1) is 0 Å². The van der Waals surface area contributed by atoms with Crippen LogP contribution >= 0.6 is 0 Å². The molecule has 1 N–H and O–H groups in total. The zero-order valence-corrected chi connectivity index (χ0v) is 9.35. The maximum absolute atomic E-state index is 3.52. The molecule has 1 heteroatoms. The molecule has 1 nitrogen and oxygen atoms in total. The number of hydrogen-bond donors (Lipinski definition) is 1. The molecule has 1 aliphatic rings. The van der Waals surface area contributed by atoms with Crippen LogP contribution in [-0.2, 0) is 5.41 Å². The molecule has 0 bridgehead atoms. The third-order valence-electron chi connectivity index (χ3n) is 3.20. The van der Waals surface area contributed by atoms with Gasteiger partial charge < -0.3 is 5.32 Å². The molecule has 76 valence electrons. The van der Waals surface area contributed by atoms with E-state index in [1.165, 1.54) is 29.7 Å². The highest BCUT2D eigenvalue weighted by molar-refractivity contribution is 5.56. The van der Waals surface area contributed by atoms with E-state index in [0.29, 0.717) is 5.41 Å². The fourth-order valence-electron chi connectivity index (χ4n) is 2.28. The van der Waals surface area contributed by atoms with Crippen LogP contribution in [0.1, 0.15) is 37.8 Å². The molecular formula is C13H19N.